The highest BCUT2D eigenvalue weighted by Gasteiger charge is 2.24. The van der Waals surface area contributed by atoms with Gasteiger partial charge >= 0.3 is 5.97 Å². The summed E-state index contributed by atoms with van der Waals surface area (Å²) in [6.45, 7) is 7.38. The number of nitrogens with zero attached hydrogens (tertiary/aromatic N) is 2. The molecule has 36 heavy (non-hydrogen) atoms. The Morgan fingerprint density at radius 1 is 1.11 bits per heavy atom. The third-order valence-corrected chi connectivity index (χ3v) is 7.77. The van der Waals surface area contributed by atoms with Crippen molar-refractivity contribution in [2.24, 2.45) is 0 Å². The second-order valence-electron chi connectivity index (χ2n) is 8.89. The molecule has 0 saturated carbocycles. The van der Waals surface area contributed by atoms with Gasteiger partial charge in [-0.3, -0.25) is 4.90 Å². The second kappa shape index (κ2) is 12.4. The van der Waals surface area contributed by atoms with Crippen LogP contribution >= 0.6 is 31.9 Å². The predicted molar refractivity (Wildman–Crippen MR) is 148 cm³/mol. The Morgan fingerprint density at radius 2 is 1.89 bits per heavy atom. The Labute approximate surface area is 228 Å². The van der Waals surface area contributed by atoms with Gasteiger partial charge in [0.25, 0.3) is 0 Å². The molecule has 0 atom stereocenters. The molecule has 2 heterocycles. The highest BCUT2D eigenvalue weighted by Crippen LogP contribution is 2.36. The Hall–Kier alpha value is -2.07. The van der Waals surface area contributed by atoms with Crippen LogP contribution < -0.4 is 9.47 Å². The molecule has 1 fully saturated rings. The van der Waals surface area contributed by atoms with Crippen LogP contribution in [0.2, 0.25) is 0 Å². The molecule has 9 heteroatoms. The number of rotatable bonds is 11. The van der Waals surface area contributed by atoms with Crippen LogP contribution in [-0.2, 0) is 11.3 Å². The molecule has 1 N–H and O–H groups in total. The molecule has 0 bridgehead atoms. The quantitative estimate of drug-likeness (QED) is 0.258. The van der Waals surface area contributed by atoms with Crippen molar-refractivity contribution >= 4 is 48.7 Å². The molecule has 7 nitrogen and oxygen atoms in total. The largest absolute Gasteiger partial charge is 0.497 e. The number of likely N-dealkylation sites (tertiary alicyclic amines) is 1. The molecule has 0 radical (unpaired) electrons. The number of carboxylic acid groups (broad SMARTS) is 1. The number of benzene rings is 2. The number of piperidine rings is 1. The van der Waals surface area contributed by atoms with Crippen molar-refractivity contribution in [3.8, 4) is 11.5 Å². The fourth-order valence-electron chi connectivity index (χ4n) is 4.86. The van der Waals surface area contributed by atoms with Gasteiger partial charge < -0.3 is 23.9 Å². The van der Waals surface area contributed by atoms with Gasteiger partial charge in [-0.25, -0.2) is 4.79 Å². The summed E-state index contributed by atoms with van der Waals surface area (Å²) >= 11 is 6.77. The van der Waals surface area contributed by atoms with Crippen molar-refractivity contribution in [2.45, 2.75) is 32.2 Å². The highest BCUT2D eigenvalue weighted by atomic mass is 79.9. The molecule has 3 aromatic rings. The molecule has 0 unspecified atom stereocenters. The van der Waals surface area contributed by atoms with E-state index >= 15 is 0 Å². The number of carbonyl (C=O) groups is 1. The third-order valence-electron chi connectivity index (χ3n) is 6.72. The molecular formula is C27H32Br2N2O5. The zero-order chi connectivity index (χ0) is 25.7. The maximum atomic E-state index is 11.6. The Balaban J connectivity index is 1.39. The lowest BCUT2D eigenvalue weighted by atomic mass is 9.89. The van der Waals surface area contributed by atoms with E-state index in [4.69, 9.17) is 14.2 Å². The van der Waals surface area contributed by atoms with E-state index in [9.17, 15) is 9.90 Å². The average Bonchev–Trinajstić information content (AvgIpc) is 3.23. The van der Waals surface area contributed by atoms with Crippen LogP contribution in [0.5, 0.6) is 11.5 Å². The van der Waals surface area contributed by atoms with Gasteiger partial charge in [0, 0.05) is 41.3 Å². The van der Waals surface area contributed by atoms with E-state index in [-0.39, 0.29) is 5.56 Å². The maximum absolute atomic E-state index is 11.6. The number of hydrogen-bond donors (Lipinski definition) is 1. The molecule has 1 aromatic heterocycles. The van der Waals surface area contributed by atoms with E-state index in [1.165, 1.54) is 16.5 Å². The van der Waals surface area contributed by atoms with E-state index in [0.717, 1.165) is 51.4 Å². The summed E-state index contributed by atoms with van der Waals surface area (Å²) < 4.78 is 20.6. The fraction of sp³-hybridized carbons (Fsp3) is 0.444. The van der Waals surface area contributed by atoms with Gasteiger partial charge in [0.2, 0.25) is 0 Å². The monoisotopic (exact) mass is 622 g/mol. The van der Waals surface area contributed by atoms with Gasteiger partial charge in [-0.15, -0.1) is 0 Å². The molecular weight excluding hydrogens is 592 g/mol. The van der Waals surface area contributed by atoms with Crippen molar-refractivity contribution in [3.05, 3.63) is 56.6 Å². The normalized spacial score (nSPS) is 14.9. The van der Waals surface area contributed by atoms with Crippen molar-refractivity contribution in [3.63, 3.8) is 0 Å². The number of aromatic carboxylic acids is 1. The van der Waals surface area contributed by atoms with Gasteiger partial charge in [-0.05, 0) is 90.6 Å². The molecule has 4 rings (SSSR count). The molecule has 0 amide bonds. The van der Waals surface area contributed by atoms with Gasteiger partial charge in [-0.2, -0.15) is 0 Å². The van der Waals surface area contributed by atoms with Crippen molar-refractivity contribution in [1.82, 2.24) is 9.47 Å². The predicted octanol–water partition coefficient (Wildman–Crippen LogP) is 6.17. The van der Waals surface area contributed by atoms with Crippen molar-refractivity contribution in [2.75, 3.05) is 46.6 Å². The van der Waals surface area contributed by atoms with Crippen molar-refractivity contribution < 1.29 is 24.1 Å². The number of ether oxygens (including phenoxy) is 3. The van der Waals surface area contributed by atoms with Crippen molar-refractivity contribution in [1.29, 1.82) is 0 Å². The first kappa shape index (κ1) is 27.0. The maximum Gasteiger partial charge on any atom is 0.339 e. The SMILES string of the molecule is CCOCCn1cc(C2CCN(CCOc3c(Br)cc(Br)cc3C(=O)O)CC2)c2cc(OC)ccc21. The van der Waals surface area contributed by atoms with Crippen LogP contribution in [0.25, 0.3) is 10.9 Å². The minimum Gasteiger partial charge on any atom is -0.497 e. The fourth-order valence-corrected chi connectivity index (χ4v) is 6.20. The first-order valence-corrected chi connectivity index (χ1v) is 13.8. The van der Waals surface area contributed by atoms with Crippen LogP contribution in [0, 0.1) is 0 Å². The number of carboxylic acids is 1. The second-order valence-corrected chi connectivity index (χ2v) is 10.7. The van der Waals surface area contributed by atoms with Crippen LogP contribution in [-0.4, -0.2) is 67.1 Å². The van der Waals surface area contributed by atoms with E-state index in [1.54, 1.807) is 19.2 Å². The smallest absolute Gasteiger partial charge is 0.339 e. The number of fused-ring (bicyclic) bond motifs is 1. The average molecular weight is 624 g/mol. The summed E-state index contributed by atoms with van der Waals surface area (Å²) in [5.74, 6) is 0.712. The number of hydrogen-bond acceptors (Lipinski definition) is 5. The van der Waals surface area contributed by atoms with E-state index in [2.05, 4.69) is 59.7 Å². The third kappa shape index (κ3) is 6.25. The number of halogens is 2. The Kier molecular flexibility index (Phi) is 9.33. The summed E-state index contributed by atoms with van der Waals surface area (Å²) in [4.78, 5) is 14.0. The first-order valence-electron chi connectivity index (χ1n) is 12.2. The summed E-state index contributed by atoms with van der Waals surface area (Å²) in [7, 11) is 1.71. The van der Waals surface area contributed by atoms with Gasteiger partial charge in [0.1, 0.15) is 23.7 Å². The molecule has 0 spiro atoms. The lowest BCUT2D eigenvalue weighted by Gasteiger charge is -2.32. The first-order chi connectivity index (χ1) is 17.4. The summed E-state index contributed by atoms with van der Waals surface area (Å²) in [5, 5.41) is 10.8. The molecule has 2 aromatic carbocycles. The minimum absolute atomic E-state index is 0.145. The van der Waals surface area contributed by atoms with E-state index < -0.39 is 5.97 Å². The summed E-state index contributed by atoms with van der Waals surface area (Å²) in [6, 6.07) is 9.67. The molecule has 194 valence electrons. The summed E-state index contributed by atoms with van der Waals surface area (Å²) in [5.41, 5.74) is 2.74. The van der Waals surface area contributed by atoms with Gasteiger partial charge in [0.05, 0.1) is 18.2 Å². The topological polar surface area (TPSA) is 73.2 Å². The van der Waals surface area contributed by atoms with Crippen LogP contribution in [0.15, 0.2) is 45.5 Å². The lowest BCUT2D eigenvalue weighted by molar-refractivity contribution is 0.0691. The molecule has 1 saturated heterocycles. The highest BCUT2D eigenvalue weighted by molar-refractivity contribution is 9.11. The van der Waals surface area contributed by atoms with Gasteiger partial charge in [-0.1, -0.05) is 15.9 Å². The van der Waals surface area contributed by atoms with Crippen LogP contribution in [0.1, 0.15) is 41.6 Å². The zero-order valence-corrected chi connectivity index (χ0v) is 23.8. The van der Waals surface area contributed by atoms with E-state index in [0.29, 0.717) is 33.8 Å². The standard InChI is InChI=1S/C27H32Br2N2O5/c1-3-35-12-11-31-17-23(21-16-20(34-2)4-5-25(21)31)18-6-8-30(9-7-18)10-13-36-26-22(27(32)33)14-19(28)15-24(26)29/h4-5,14-18H,3,6-13H2,1-2H3,(H,32,33). The number of methoxy groups -OCH3 is 1. The Bertz CT molecular complexity index is 1200. The summed E-state index contributed by atoms with van der Waals surface area (Å²) in [6.07, 6.45) is 4.42. The van der Waals surface area contributed by atoms with Crippen LogP contribution in [0.4, 0.5) is 0 Å². The molecule has 0 aliphatic carbocycles. The Morgan fingerprint density at radius 3 is 2.58 bits per heavy atom. The molecule has 1 aliphatic heterocycles. The van der Waals surface area contributed by atoms with Crippen LogP contribution in [0.3, 0.4) is 0 Å². The van der Waals surface area contributed by atoms with Gasteiger partial charge in [0.15, 0.2) is 0 Å². The minimum atomic E-state index is -1.01. The number of aromatic nitrogens is 1. The van der Waals surface area contributed by atoms with E-state index in [1.807, 2.05) is 13.0 Å². The lowest BCUT2D eigenvalue weighted by Crippen LogP contribution is -2.36. The zero-order valence-electron chi connectivity index (χ0n) is 20.6. The molecule has 1 aliphatic rings.